The molecule has 1 aromatic carbocycles. The van der Waals surface area contributed by atoms with Gasteiger partial charge in [-0.2, -0.15) is 0 Å². The second kappa shape index (κ2) is 8.40. The lowest BCUT2D eigenvalue weighted by atomic mass is 9.92. The first-order valence-corrected chi connectivity index (χ1v) is 12.7. The number of hydrogen-bond donors (Lipinski definition) is 3. The van der Waals surface area contributed by atoms with E-state index in [-0.39, 0.29) is 35.2 Å². The number of carbonyl (C=O) groups is 1. The smallest absolute Gasteiger partial charge is 0.274 e. The number of aliphatic hydroxyl groups is 1. The second-order valence-corrected chi connectivity index (χ2v) is 11.3. The molecule has 2 fully saturated rings. The minimum atomic E-state index is -3.37. The van der Waals surface area contributed by atoms with Gasteiger partial charge in [-0.1, -0.05) is 11.6 Å². The lowest BCUT2D eigenvalue weighted by Gasteiger charge is -2.24. The summed E-state index contributed by atoms with van der Waals surface area (Å²) in [4.78, 5) is 17.5. The fraction of sp³-hybridized carbons (Fsp3) is 0.524. The number of imidazole rings is 1. The van der Waals surface area contributed by atoms with Gasteiger partial charge in [0.25, 0.3) is 5.91 Å². The van der Waals surface area contributed by atoms with Crippen molar-refractivity contribution in [2.45, 2.75) is 37.2 Å². The predicted molar refractivity (Wildman–Crippen MR) is 119 cm³/mol. The zero-order valence-electron chi connectivity index (χ0n) is 17.8. The van der Waals surface area contributed by atoms with Crippen LogP contribution in [0.15, 0.2) is 24.5 Å². The minimum absolute atomic E-state index is 0.0149. The molecule has 0 saturated heterocycles. The van der Waals surface area contributed by atoms with Crippen LogP contribution in [0.5, 0.6) is 0 Å². The standard InChI is InChI=1S/C21H26ClFN4O4S/c1-27-11-24-18(19(27)20(28)26-15-3-4-17(23)16(22)7-15)12-5-13-8-21(29,9-14(13)6-12)10-25-32(2,30)31/h3-4,7,11-14,25,29H,5-6,8-10H2,1-2H3,(H,26,28). The molecule has 1 heterocycles. The fourth-order valence-electron chi connectivity index (χ4n) is 5.19. The second-order valence-electron chi connectivity index (χ2n) is 9.09. The zero-order valence-corrected chi connectivity index (χ0v) is 19.4. The Bertz CT molecular complexity index is 1140. The van der Waals surface area contributed by atoms with Crippen LogP contribution in [-0.2, 0) is 17.1 Å². The van der Waals surface area contributed by atoms with E-state index in [1.54, 1.807) is 17.9 Å². The highest BCUT2D eigenvalue weighted by Crippen LogP contribution is 2.53. The number of aromatic nitrogens is 2. The molecule has 2 unspecified atom stereocenters. The molecule has 11 heteroatoms. The molecule has 3 N–H and O–H groups in total. The van der Waals surface area contributed by atoms with Crippen molar-refractivity contribution in [3.8, 4) is 0 Å². The number of anilines is 1. The number of fused-ring (bicyclic) bond motifs is 1. The largest absolute Gasteiger partial charge is 0.389 e. The molecule has 1 amide bonds. The number of sulfonamides is 1. The summed E-state index contributed by atoms with van der Waals surface area (Å²) < 4.78 is 40.3. The molecule has 2 aromatic rings. The number of rotatable bonds is 6. The Hall–Kier alpha value is -2.01. The minimum Gasteiger partial charge on any atom is -0.389 e. The monoisotopic (exact) mass is 484 g/mol. The highest BCUT2D eigenvalue weighted by molar-refractivity contribution is 7.88. The van der Waals surface area contributed by atoms with Crippen molar-refractivity contribution in [1.29, 1.82) is 0 Å². The van der Waals surface area contributed by atoms with Crippen LogP contribution in [0.25, 0.3) is 0 Å². The van der Waals surface area contributed by atoms with Crippen molar-refractivity contribution in [2.75, 3.05) is 18.1 Å². The quantitative estimate of drug-likeness (QED) is 0.583. The summed E-state index contributed by atoms with van der Waals surface area (Å²) in [5.74, 6) is -0.375. The van der Waals surface area contributed by atoms with Gasteiger partial charge in [-0.3, -0.25) is 4.79 Å². The molecule has 2 aliphatic carbocycles. The Morgan fingerprint density at radius 3 is 2.59 bits per heavy atom. The van der Waals surface area contributed by atoms with E-state index in [0.717, 1.165) is 19.1 Å². The molecule has 2 aliphatic rings. The van der Waals surface area contributed by atoms with Gasteiger partial charge in [-0.15, -0.1) is 0 Å². The van der Waals surface area contributed by atoms with Gasteiger partial charge in [0, 0.05) is 25.2 Å². The number of amides is 1. The van der Waals surface area contributed by atoms with Crippen molar-refractivity contribution in [3.63, 3.8) is 0 Å². The van der Waals surface area contributed by atoms with E-state index in [0.29, 0.717) is 29.9 Å². The molecule has 174 valence electrons. The summed E-state index contributed by atoms with van der Waals surface area (Å²) in [5.41, 5.74) is 0.477. The third-order valence-corrected chi connectivity index (χ3v) is 7.49. The molecule has 1 aromatic heterocycles. The van der Waals surface area contributed by atoms with Gasteiger partial charge in [-0.25, -0.2) is 22.5 Å². The molecule has 2 atom stereocenters. The summed E-state index contributed by atoms with van der Waals surface area (Å²) in [6.07, 6.45) is 5.24. The molecule has 0 aliphatic heterocycles. The summed E-state index contributed by atoms with van der Waals surface area (Å²) in [7, 11) is -1.62. The van der Waals surface area contributed by atoms with Gasteiger partial charge < -0.3 is 15.0 Å². The summed E-state index contributed by atoms with van der Waals surface area (Å²) in [6, 6.07) is 4.00. The number of benzene rings is 1. The number of nitrogens with zero attached hydrogens (tertiary/aromatic N) is 2. The summed E-state index contributed by atoms with van der Waals surface area (Å²) in [6.45, 7) is 0.0149. The topological polar surface area (TPSA) is 113 Å². The first-order valence-electron chi connectivity index (χ1n) is 10.4. The van der Waals surface area contributed by atoms with Crippen molar-refractivity contribution in [1.82, 2.24) is 14.3 Å². The third kappa shape index (κ3) is 4.83. The van der Waals surface area contributed by atoms with Gasteiger partial charge in [0.05, 0.1) is 28.9 Å². The van der Waals surface area contributed by atoms with Gasteiger partial charge in [0.2, 0.25) is 10.0 Å². The molecule has 0 spiro atoms. The molecule has 0 bridgehead atoms. The lowest BCUT2D eigenvalue weighted by Crippen LogP contribution is -2.41. The molecular weight excluding hydrogens is 459 g/mol. The summed E-state index contributed by atoms with van der Waals surface area (Å²) in [5, 5.41) is 13.5. The molecule has 32 heavy (non-hydrogen) atoms. The average molecular weight is 485 g/mol. The molecule has 2 saturated carbocycles. The van der Waals surface area contributed by atoms with Gasteiger partial charge in [0.15, 0.2) is 0 Å². The van der Waals surface area contributed by atoms with Crippen LogP contribution in [0.4, 0.5) is 10.1 Å². The normalized spacial score (nSPS) is 27.5. The van der Waals surface area contributed by atoms with Crippen LogP contribution in [-0.4, -0.2) is 47.4 Å². The highest BCUT2D eigenvalue weighted by atomic mass is 35.5. The van der Waals surface area contributed by atoms with Crippen molar-refractivity contribution in [2.24, 2.45) is 18.9 Å². The Morgan fingerprint density at radius 1 is 1.34 bits per heavy atom. The van der Waals surface area contributed by atoms with Crippen LogP contribution in [0.3, 0.4) is 0 Å². The number of carbonyl (C=O) groups excluding carboxylic acids is 1. The summed E-state index contributed by atoms with van der Waals surface area (Å²) >= 11 is 5.81. The first kappa shape index (κ1) is 23.2. The maximum atomic E-state index is 13.4. The number of aryl methyl sites for hydroxylation is 1. The Balaban J connectivity index is 1.46. The van der Waals surface area contributed by atoms with Crippen molar-refractivity contribution < 1.29 is 22.7 Å². The van der Waals surface area contributed by atoms with Crippen LogP contribution >= 0.6 is 11.6 Å². The Morgan fingerprint density at radius 2 is 2.00 bits per heavy atom. The highest BCUT2D eigenvalue weighted by Gasteiger charge is 2.49. The maximum Gasteiger partial charge on any atom is 0.274 e. The van der Waals surface area contributed by atoms with Crippen LogP contribution in [0.2, 0.25) is 5.02 Å². The molecule has 8 nitrogen and oxygen atoms in total. The van der Waals surface area contributed by atoms with Crippen molar-refractivity contribution >= 4 is 33.2 Å². The van der Waals surface area contributed by atoms with E-state index in [1.165, 1.54) is 18.2 Å². The predicted octanol–water partition coefficient (Wildman–Crippen LogP) is 2.65. The third-order valence-electron chi connectivity index (χ3n) is 6.53. The van der Waals surface area contributed by atoms with Crippen LogP contribution in [0.1, 0.15) is 47.8 Å². The number of halogens is 2. The zero-order chi connectivity index (χ0) is 23.3. The number of hydrogen-bond acceptors (Lipinski definition) is 5. The lowest BCUT2D eigenvalue weighted by molar-refractivity contribution is 0.0435. The molecule has 0 radical (unpaired) electrons. The van der Waals surface area contributed by atoms with Crippen LogP contribution in [0, 0.1) is 17.7 Å². The van der Waals surface area contributed by atoms with Gasteiger partial charge in [-0.05, 0) is 55.7 Å². The van der Waals surface area contributed by atoms with Gasteiger partial charge in [0.1, 0.15) is 11.5 Å². The first-order chi connectivity index (χ1) is 14.9. The maximum absolute atomic E-state index is 13.4. The van der Waals surface area contributed by atoms with E-state index in [2.05, 4.69) is 15.0 Å². The molecule has 4 rings (SSSR count). The van der Waals surface area contributed by atoms with E-state index in [4.69, 9.17) is 11.6 Å². The molecular formula is C21H26ClFN4O4S. The van der Waals surface area contributed by atoms with E-state index < -0.39 is 21.4 Å². The van der Waals surface area contributed by atoms with Gasteiger partial charge >= 0.3 is 0 Å². The Labute approximate surface area is 191 Å². The SMILES string of the molecule is Cn1cnc(C2CC3CC(O)(CNS(C)(=O)=O)CC3C2)c1C(=O)Nc1ccc(F)c(Cl)c1. The Kier molecular flexibility index (Phi) is 6.08. The van der Waals surface area contributed by atoms with E-state index >= 15 is 0 Å². The number of nitrogens with one attached hydrogen (secondary N) is 2. The van der Waals surface area contributed by atoms with Crippen molar-refractivity contribution in [3.05, 3.63) is 46.8 Å². The van der Waals surface area contributed by atoms with Crippen LogP contribution < -0.4 is 10.0 Å². The average Bonchev–Trinajstić information content (AvgIpc) is 3.33. The van der Waals surface area contributed by atoms with E-state index in [1.807, 2.05) is 0 Å². The fourth-order valence-corrected chi connectivity index (χ4v) is 5.90. The van der Waals surface area contributed by atoms with E-state index in [9.17, 15) is 22.7 Å².